The van der Waals surface area contributed by atoms with E-state index in [2.05, 4.69) is 20.4 Å². The van der Waals surface area contributed by atoms with Crippen molar-refractivity contribution in [2.75, 3.05) is 5.32 Å². The second-order valence-corrected chi connectivity index (χ2v) is 5.64. The molecule has 0 saturated carbocycles. The number of nitrogens with zero attached hydrogens (tertiary/aromatic N) is 4. The largest absolute Gasteiger partial charge is 0.320 e. The molecule has 25 heavy (non-hydrogen) atoms. The van der Waals surface area contributed by atoms with Crippen molar-refractivity contribution in [1.82, 2.24) is 19.7 Å². The molecular formula is C19H15N5O. The van der Waals surface area contributed by atoms with Gasteiger partial charge in [0.15, 0.2) is 0 Å². The Kier molecular flexibility index (Phi) is 3.70. The van der Waals surface area contributed by atoms with E-state index in [1.165, 1.54) is 6.33 Å². The summed E-state index contributed by atoms with van der Waals surface area (Å²) in [5, 5.41) is 7.94. The SMILES string of the molecule is Cc1cc(C(=O)Nc2ccccc2-n2cncn2)c2ccccc2n1. The summed E-state index contributed by atoms with van der Waals surface area (Å²) in [4.78, 5) is 21.4. The van der Waals surface area contributed by atoms with Crippen molar-refractivity contribution in [3.63, 3.8) is 0 Å². The third-order valence-corrected chi connectivity index (χ3v) is 3.91. The Morgan fingerprint density at radius 3 is 2.72 bits per heavy atom. The van der Waals surface area contributed by atoms with Crippen LogP contribution in [0.4, 0.5) is 5.69 Å². The maximum absolute atomic E-state index is 12.9. The number of anilines is 1. The first-order chi connectivity index (χ1) is 12.2. The van der Waals surface area contributed by atoms with Gasteiger partial charge in [0.1, 0.15) is 12.7 Å². The second kappa shape index (κ2) is 6.16. The van der Waals surface area contributed by atoms with Gasteiger partial charge in [-0.25, -0.2) is 9.67 Å². The molecule has 1 N–H and O–H groups in total. The normalized spacial score (nSPS) is 10.8. The molecule has 4 aromatic rings. The van der Waals surface area contributed by atoms with Crippen LogP contribution in [0.15, 0.2) is 67.3 Å². The average Bonchev–Trinajstić information content (AvgIpc) is 3.16. The molecule has 1 amide bonds. The quantitative estimate of drug-likeness (QED) is 0.625. The number of amides is 1. The molecule has 2 aromatic carbocycles. The zero-order valence-corrected chi connectivity index (χ0v) is 13.5. The van der Waals surface area contributed by atoms with Crippen molar-refractivity contribution in [2.24, 2.45) is 0 Å². The molecule has 0 aliphatic heterocycles. The van der Waals surface area contributed by atoms with Crippen LogP contribution in [-0.4, -0.2) is 25.7 Å². The molecule has 0 atom stereocenters. The molecular weight excluding hydrogens is 314 g/mol. The summed E-state index contributed by atoms with van der Waals surface area (Å²) in [7, 11) is 0. The van der Waals surface area contributed by atoms with E-state index < -0.39 is 0 Å². The number of hydrogen-bond acceptors (Lipinski definition) is 4. The van der Waals surface area contributed by atoms with E-state index >= 15 is 0 Å². The first kappa shape index (κ1) is 15.0. The van der Waals surface area contributed by atoms with Gasteiger partial charge in [-0.05, 0) is 31.2 Å². The van der Waals surface area contributed by atoms with Crippen LogP contribution in [-0.2, 0) is 0 Å². The average molecular weight is 329 g/mol. The molecule has 0 unspecified atom stereocenters. The predicted octanol–water partition coefficient (Wildman–Crippen LogP) is 3.38. The first-order valence-corrected chi connectivity index (χ1v) is 7.84. The van der Waals surface area contributed by atoms with E-state index in [1.54, 1.807) is 17.1 Å². The van der Waals surface area contributed by atoms with Crippen molar-refractivity contribution in [2.45, 2.75) is 6.92 Å². The van der Waals surface area contributed by atoms with Crippen molar-refractivity contribution in [3.05, 3.63) is 78.5 Å². The number of aryl methyl sites for hydroxylation is 1. The number of rotatable bonds is 3. The molecule has 0 saturated heterocycles. The molecule has 6 nitrogen and oxygen atoms in total. The molecule has 4 rings (SSSR count). The Morgan fingerprint density at radius 2 is 1.88 bits per heavy atom. The summed E-state index contributed by atoms with van der Waals surface area (Å²) in [5.74, 6) is -0.186. The zero-order chi connectivity index (χ0) is 17.2. The summed E-state index contributed by atoms with van der Waals surface area (Å²) in [5.41, 5.74) is 3.61. The Balaban J connectivity index is 1.75. The molecule has 122 valence electrons. The van der Waals surface area contributed by atoms with Crippen LogP contribution >= 0.6 is 0 Å². The minimum Gasteiger partial charge on any atom is -0.320 e. The summed E-state index contributed by atoms with van der Waals surface area (Å²) in [6.07, 6.45) is 3.05. The van der Waals surface area contributed by atoms with Gasteiger partial charge in [-0.15, -0.1) is 0 Å². The van der Waals surface area contributed by atoms with Gasteiger partial charge in [-0.2, -0.15) is 5.10 Å². The highest BCUT2D eigenvalue weighted by Gasteiger charge is 2.14. The fraction of sp³-hybridized carbons (Fsp3) is 0.0526. The topological polar surface area (TPSA) is 72.7 Å². The maximum Gasteiger partial charge on any atom is 0.256 e. The summed E-state index contributed by atoms with van der Waals surface area (Å²) in [6, 6.07) is 16.9. The van der Waals surface area contributed by atoms with Gasteiger partial charge in [0.25, 0.3) is 5.91 Å². The lowest BCUT2D eigenvalue weighted by atomic mass is 10.1. The van der Waals surface area contributed by atoms with Crippen molar-refractivity contribution < 1.29 is 4.79 Å². The Morgan fingerprint density at radius 1 is 1.08 bits per heavy atom. The molecule has 0 radical (unpaired) electrons. The number of carbonyl (C=O) groups is 1. The fourth-order valence-electron chi connectivity index (χ4n) is 2.80. The van der Waals surface area contributed by atoms with E-state index in [4.69, 9.17) is 0 Å². The van der Waals surface area contributed by atoms with Crippen LogP contribution in [0.5, 0.6) is 0 Å². The van der Waals surface area contributed by atoms with Crippen LogP contribution in [0, 0.1) is 6.92 Å². The van der Waals surface area contributed by atoms with Gasteiger partial charge >= 0.3 is 0 Å². The zero-order valence-electron chi connectivity index (χ0n) is 13.5. The van der Waals surface area contributed by atoms with Crippen molar-refractivity contribution in [3.8, 4) is 5.69 Å². The lowest BCUT2D eigenvalue weighted by molar-refractivity contribution is 0.102. The number of carbonyl (C=O) groups excluding carboxylic acids is 1. The van der Waals surface area contributed by atoms with Gasteiger partial charge in [0, 0.05) is 11.1 Å². The number of pyridine rings is 1. The standard InChI is InChI=1S/C19H15N5O/c1-13-10-15(14-6-2-3-7-16(14)22-13)19(25)23-17-8-4-5-9-18(17)24-12-20-11-21-24/h2-12H,1H3,(H,23,25). The van der Waals surface area contributed by atoms with Gasteiger partial charge in [0.2, 0.25) is 0 Å². The Hall–Kier alpha value is -3.54. The summed E-state index contributed by atoms with van der Waals surface area (Å²) in [6.45, 7) is 1.88. The molecule has 0 aliphatic rings. The first-order valence-electron chi connectivity index (χ1n) is 7.84. The highest BCUT2D eigenvalue weighted by Crippen LogP contribution is 2.22. The van der Waals surface area contributed by atoms with E-state index in [-0.39, 0.29) is 5.91 Å². The summed E-state index contributed by atoms with van der Waals surface area (Å²) < 4.78 is 1.62. The number of benzene rings is 2. The highest BCUT2D eigenvalue weighted by molar-refractivity contribution is 6.13. The molecule has 0 fully saturated rings. The Labute approximate surface area is 144 Å². The molecule has 0 bridgehead atoms. The monoisotopic (exact) mass is 329 g/mol. The molecule has 2 heterocycles. The molecule has 0 aliphatic carbocycles. The van der Waals surface area contributed by atoms with Crippen LogP contribution in [0.25, 0.3) is 16.6 Å². The third kappa shape index (κ3) is 2.85. The lowest BCUT2D eigenvalue weighted by Crippen LogP contribution is -2.15. The van der Waals surface area contributed by atoms with E-state index in [0.717, 1.165) is 22.3 Å². The van der Waals surface area contributed by atoms with Gasteiger partial charge in [-0.1, -0.05) is 30.3 Å². The maximum atomic E-state index is 12.9. The molecule has 2 aromatic heterocycles. The van der Waals surface area contributed by atoms with Gasteiger partial charge in [0.05, 0.1) is 22.5 Å². The number of hydrogen-bond donors (Lipinski definition) is 1. The minimum absolute atomic E-state index is 0.186. The van der Waals surface area contributed by atoms with Crippen molar-refractivity contribution >= 4 is 22.5 Å². The smallest absolute Gasteiger partial charge is 0.256 e. The van der Waals surface area contributed by atoms with E-state index in [0.29, 0.717) is 11.3 Å². The number of fused-ring (bicyclic) bond motifs is 1. The Bertz CT molecular complexity index is 1060. The summed E-state index contributed by atoms with van der Waals surface area (Å²) >= 11 is 0. The second-order valence-electron chi connectivity index (χ2n) is 5.64. The molecule has 6 heteroatoms. The predicted molar refractivity (Wildman–Crippen MR) is 95.8 cm³/mol. The van der Waals surface area contributed by atoms with Gasteiger partial charge < -0.3 is 5.32 Å². The fourth-order valence-corrected chi connectivity index (χ4v) is 2.80. The van der Waals surface area contributed by atoms with Crippen LogP contribution in [0.2, 0.25) is 0 Å². The van der Waals surface area contributed by atoms with Crippen LogP contribution in [0.1, 0.15) is 16.1 Å². The number of nitrogens with one attached hydrogen (secondary N) is 1. The minimum atomic E-state index is -0.186. The van der Waals surface area contributed by atoms with Crippen LogP contribution in [0.3, 0.4) is 0 Å². The van der Waals surface area contributed by atoms with Crippen LogP contribution < -0.4 is 5.32 Å². The lowest BCUT2D eigenvalue weighted by Gasteiger charge is -2.12. The highest BCUT2D eigenvalue weighted by atomic mass is 16.1. The van der Waals surface area contributed by atoms with Crippen molar-refractivity contribution in [1.29, 1.82) is 0 Å². The third-order valence-electron chi connectivity index (χ3n) is 3.91. The number of para-hydroxylation sites is 3. The number of aromatic nitrogens is 4. The van der Waals surface area contributed by atoms with E-state index in [9.17, 15) is 4.79 Å². The molecule has 0 spiro atoms. The van der Waals surface area contributed by atoms with Gasteiger partial charge in [-0.3, -0.25) is 9.78 Å². The van der Waals surface area contributed by atoms with E-state index in [1.807, 2.05) is 55.5 Å².